The van der Waals surface area contributed by atoms with Crippen molar-refractivity contribution in [2.45, 2.75) is 38.0 Å². The fourth-order valence-corrected chi connectivity index (χ4v) is 5.29. The van der Waals surface area contributed by atoms with Crippen molar-refractivity contribution in [2.24, 2.45) is 0 Å². The van der Waals surface area contributed by atoms with Gasteiger partial charge in [0.15, 0.2) is 0 Å². The predicted molar refractivity (Wildman–Crippen MR) is 153 cm³/mol. The number of nitrogens with one attached hydrogen (secondary N) is 1. The highest BCUT2D eigenvalue weighted by Gasteiger charge is 2.32. The molecule has 2 atom stereocenters. The highest BCUT2D eigenvalue weighted by molar-refractivity contribution is 6.32. The zero-order valence-corrected chi connectivity index (χ0v) is 23.0. The predicted octanol–water partition coefficient (Wildman–Crippen LogP) is 6.07. The van der Waals surface area contributed by atoms with Crippen molar-refractivity contribution in [3.63, 3.8) is 0 Å². The van der Waals surface area contributed by atoms with Crippen molar-refractivity contribution in [2.75, 3.05) is 6.61 Å². The number of halogens is 2. The number of carbonyl (C=O) groups is 1. The van der Waals surface area contributed by atoms with Gasteiger partial charge in [0, 0.05) is 30.1 Å². The van der Waals surface area contributed by atoms with Crippen LogP contribution in [0.3, 0.4) is 0 Å². The number of aliphatic carboxylic acids is 1. The van der Waals surface area contributed by atoms with Gasteiger partial charge in [-0.1, -0.05) is 48.0 Å². The fraction of sp³-hybridized carbons (Fsp3) is 0.219. The summed E-state index contributed by atoms with van der Waals surface area (Å²) in [4.78, 5) is 15.9. The SMILES string of the molecule is CC(CO)(NCc1cc(Cl)c(O[C@H]2CCc3c(-c4ccccc4F)cccc32)cc1-c1cncc(C#N)c1)C(=O)O. The van der Waals surface area contributed by atoms with E-state index in [0.717, 1.165) is 16.7 Å². The maximum Gasteiger partial charge on any atom is 0.326 e. The lowest BCUT2D eigenvalue weighted by atomic mass is 9.96. The Morgan fingerprint density at radius 1 is 1.17 bits per heavy atom. The van der Waals surface area contributed by atoms with Gasteiger partial charge < -0.3 is 14.9 Å². The van der Waals surface area contributed by atoms with Gasteiger partial charge in [-0.05, 0) is 71.8 Å². The maximum atomic E-state index is 14.6. The summed E-state index contributed by atoms with van der Waals surface area (Å²) >= 11 is 6.71. The van der Waals surface area contributed by atoms with Crippen LogP contribution in [0, 0.1) is 17.1 Å². The van der Waals surface area contributed by atoms with Crippen molar-refractivity contribution < 1.29 is 24.1 Å². The van der Waals surface area contributed by atoms with E-state index in [1.165, 1.54) is 19.2 Å². The van der Waals surface area contributed by atoms with E-state index in [4.69, 9.17) is 16.3 Å². The molecule has 208 valence electrons. The van der Waals surface area contributed by atoms with Crippen LogP contribution in [-0.2, 0) is 17.8 Å². The summed E-state index contributed by atoms with van der Waals surface area (Å²) in [6.07, 6.45) is 4.12. The highest BCUT2D eigenvalue weighted by atomic mass is 35.5. The van der Waals surface area contributed by atoms with Gasteiger partial charge >= 0.3 is 5.97 Å². The number of nitriles is 1. The largest absolute Gasteiger partial charge is 0.484 e. The Morgan fingerprint density at radius 2 is 1.95 bits per heavy atom. The number of pyridine rings is 1. The van der Waals surface area contributed by atoms with Crippen LogP contribution in [0.15, 0.2) is 73.1 Å². The number of carboxylic acid groups (broad SMARTS) is 1. The van der Waals surface area contributed by atoms with Gasteiger partial charge in [0.2, 0.25) is 0 Å². The van der Waals surface area contributed by atoms with Gasteiger partial charge in [-0.3, -0.25) is 15.1 Å². The normalized spacial score (nSPS) is 15.5. The van der Waals surface area contributed by atoms with E-state index in [9.17, 15) is 24.7 Å². The van der Waals surface area contributed by atoms with Crippen LogP contribution in [0.25, 0.3) is 22.3 Å². The lowest BCUT2D eigenvalue weighted by Crippen LogP contribution is -2.52. The third-order valence-electron chi connectivity index (χ3n) is 7.44. The molecule has 5 rings (SSSR count). The molecule has 0 saturated heterocycles. The van der Waals surface area contributed by atoms with Gasteiger partial charge in [0.25, 0.3) is 0 Å². The minimum absolute atomic E-state index is 0.0632. The molecule has 9 heteroatoms. The molecule has 0 bridgehead atoms. The molecule has 4 aromatic rings. The molecule has 1 aliphatic rings. The van der Waals surface area contributed by atoms with E-state index in [2.05, 4.69) is 16.4 Å². The first-order chi connectivity index (χ1) is 19.7. The summed E-state index contributed by atoms with van der Waals surface area (Å²) in [6, 6.07) is 19.7. The Balaban J connectivity index is 1.52. The van der Waals surface area contributed by atoms with Crippen molar-refractivity contribution in [3.05, 3.63) is 106 Å². The quantitative estimate of drug-likeness (QED) is 0.223. The first-order valence-electron chi connectivity index (χ1n) is 13.0. The number of aliphatic hydroxyl groups excluding tert-OH is 1. The molecule has 41 heavy (non-hydrogen) atoms. The number of aliphatic hydroxyl groups is 1. The molecule has 0 spiro atoms. The zero-order chi connectivity index (χ0) is 29.1. The van der Waals surface area contributed by atoms with Crippen LogP contribution in [0.2, 0.25) is 5.02 Å². The molecule has 3 aromatic carbocycles. The van der Waals surface area contributed by atoms with Crippen LogP contribution in [0.4, 0.5) is 4.39 Å². The maximum absolute atomic E-state index is 14.6. The van der Waals surface area contributed by atoms with Gasteiger partial charge in [0.05, 0.1) is 17.2 Å². The second-order valence-electron chi connectivity index (χ2n) is 10.2. The van der Waals surface area contributed by atoms with Crippen LogP contribution >= 0.6 is 11.6 Å². The number of nitrogens with zero attached hydrogens (tertiary/aromatic N) is 2. The molecule has 0 fully saturated rings. The van der Waals surface area contributed by atoms with E-state index in [1.807, 2.05) is 24.3 Å². The molecule has 0 radical (unpaired) electrons. The molecule has 1 unspecified atom stereocenters. The van der Waals surface area contributed by atoms with Crippen molar-refractivity contribution in [1.29, 1.82) is 5.26 Å². The minimum Gasteiger partial charge on any atom is -0.484 e. The molecule has 1 heterocycles. The minimum atomic E-state index is -1.57. The number of ether oxygens (including phenoxy) is 1. The number of hydrogen-bond acceptors (Lipinski definition) is 6. The Labute approximate surface area is 241 Å². The molecule has 3 N–H and O–H groups in total. The molecule has 0 saturated carbocycles. The third-order valence-corrected chi connectivity index (χ3v) is 7.74. The Hall–Kier alpha value is -4.29. The monoisotopic (exact) mass is 571 g/mol. The lowest BCUT2D eigenvalue weighted by molar-refractivity contribution is -0.145. The number of hydrogen-bond donors (Lipinski definition) is 3. The average Bonchev–Trinajstić information content (AvgIpc) is 3.40. The molecule has 0 aliphatic heterocycles. The van der Waals surface area contributed by atoms with E-state index in [1.54, 1.807) is 36.5 Å². The molecule has 7 nitrogen and oxygen atoms in total. The number of benzene rings is 3. The summed E-state index contributed by atoms with van der Waals surface area (Å²) in [5.41, 5.74) is 4.05. The van der Waals surface area contributed by atoms with E-state index in [0.29, 0.717) is 51.4 Å². The van der Waals surface area contributed by atoms with E-state index >= 15 is 0 Å². The van der Waals surface area contributed by atoms with Gasteiger partial charge in [-0.2, -0.15) is 5.26 Å². The van der Waals surface area contributed by atoms with Crippen molar-refractivity contribution in [3.8, 4) is 34.1 Å². The Morgan fingerprint density at radius 3 is 2.68 bits per heavy atom. The highest BCUT2D eigenvalue weighted by Crippen LogP contribution is 2.43. The number of carboxylic acids is 1. The third kappa shape index (κ3) is 5.66. The van der Waals surface area contributed by atoms with Gasteiger partial charge in [-0.15, -0.1) is 0 Å². The fourth-order valence-electron chi connectivity index (χ4n) is 5.06. The second-order valence-corrected chi connectivity index (χ2v) is 10.6. The van der Waals surface area contributed by atoms with Crippen LogP contribution in [-0.4, -0.2) is 33.3 Å². The van der Waals surface area contributed by atoms with Crippen LogP contribution in [0.5, 0.6) is 5.75 Å². The number of aromatic nitrogens is 1. The summed E-state index contributed by atoms with van der Waals surface area (Å²) in [5, 5.41) is 31.9. The Kier molecular flexibility index (Phi) is 8.04. The smallest absolute Gasteiger partial charge is 0.326 e. The topological polar surface area (TPSA) is 115 Å². The van der Waals surface area contributed by atoms with Crippen molar-refractivity contribution >= 4 is 17.6 Å². The zero-order valence-electron chi connectivity index (χ0n) is 22.2. The number of fused-ring (bicyclic) bond motifs is 1. The molecule has 0 amide bonds. The summed E-state index contributed by atoms with van der Waals surface area (Å²) in [6.45, 7) is 0.834. The first-order valence-corrected chi connectivity index (χ1v) is 13.4. The first kappa shape index (κ1) is 28.2. The molecule has 1 aromatic heterocycles. The lowest BCUT2D eigenvalue weighted by Gasteiger charge is -2.25. The second kappa shape index (κ2) is 11.7. The van der Waals surface area contributed by atoms with Gasteiger partial charge in [0.1, 0.15) is 29.3 Å². The molecular formula is C32H27ClFN3O4. The Bertz CT molecular complexity index is 1670. The van der Waals surface area contributed by atoms with E-state index in [-0.39, 0.29) is 18.5 Å². The summed E-state index contributed by atoms with van der Waals surface area (Å²) in [7, 11) is 0. The van der Waals surface area contributed by atoms with Gasteiger partial charge in [-0.25, -0.2) is 4.39 Å². The molecule has 1 aliphatic carbocycles. The average molecular weight is 572 g/mol. The standard InChI is InChI=1S/C32H27ClFN3O4/c1-32(18-38,31(39)40)37-17-21-12-27(33)30(13-26(21)20-11-19(14-35)15-36-16-20)41-29-10-9-23-22(6-4-7-25(23)29)24-5-2-3-8-28(24)34/h2-8,11-13,15-16,29,37-38H,9-10,17-18H2,1H3,(H,39,40)/t29-,32?/m0/s1. The summed E-state index contributed by atoms with van der Waals surface area (Å²) in [5.74, 6) is -1.07. The van der Waals surface area contributed by atoms with Crippen LogP contribution in [0.1, 0.15) is 41.7 Å². The van der Waals surface area contributed by atoms with Crippen LogP contribution < -0.4 is 10.1 Å². The molecular weight excluding hydrogens is 545 g/mol. The van der Waals surface area contributed by atoms with E-state index < -0.39 is 18.1 Å². The number of rotatable bonds is 9. The van der Waals surface area contributed by atoms with Crippen molar-refractivity contribution in [1.82, 2.24) is 10.3 Å². The summed E-state index contributed by atoms with van der Waals surface area (Å²) < 4.78 is 21.1.